The van der Waals surface area contributed by atoms with E-state index in [1.807, 2.05) is 11.7 Å². The molecule has 0 fully saturated rings. The van der Waals surface area contributed by atoms with E-state index in [0.29, 0.717) is 12.5 Å². The van der Waals surface area contributed by atoms with Gasteiger partial charge in [0.1, 0.15) is 0 Å². The molecule has 0 unspecified atom stereocenters. The molecule has 1 aromatic heterocycles. The second-order valence-electron chi connectivity index (χ2n) is 5.31. The average molecular weight is 258 g/mol. The maximum Gasteiger partial charge on any atom is 0.158 e. The van der Waals surface area contributed by atoms with E-state index in [2.05, 4.69) is 48.2 Å². The smallest absolute Gasteiger partial charge is 0.158 e. The molecule has 0 aliphatic carbocycles. The lowest BCUT2D eigenvalue weighted by Crippen LogP contribution is -2.04. The first kappa shape index (κ1) is 13.7. The van der Waals surface area contributed by atoms with E-state index in [0.717, 1.165) is 30.1 Å². The van der Waals surface area contributed by atoms with E-state index < -0.39 is 0 Å². The number of nitrogens with two attached hydrogens (primary N) is 1. The second kappa shape index (κ2) is 5.97. The highest BCUT2D eigenvalue weighted by molar-refractivity contribution is 5.55. The molecule has 2 N–H and O–H groups in total. The van der Waals surface area contributed by atoms with E-state index in [4.69, 9.17) is 5.73 Å². The predicted molar refractivity (Wildman–Crippen MR) is 77.7 cm³/mol. The van der Waals surface area contributed by atoms with Crippen LogP contribution in [0, 0.1) is 5.92 Å². The van der Waals surface area contributed by atoms with Gasteiger partial charge in [-0.05, 0) is 24.4 Å². The summed E-state index contributed by atoms with van der Waals surface area (Å²) in [5, 5.41) is 4.37. The summed E-state index contributed by atoms with van der Waals surface area (Å²) < 4.78 is 1.82. The van der Waals surface area contributed by atoms with Crippen LogP contribution in [0.15, 0.2) is 24.3 Å². The van der Waals surface area contributed by atoms with E-state index in [9.17, 15) is 0 Å². The molecule has 0 saturated heterocycles. The minimum Gasteiger partial charge on any atom is -0.330 e. The average Bonchev–Trinajstić information content (AvgIpc) is 2.71. The van der Waals surface area contributed by atoms with Crippen LogP contribution in [0.2, 0.25) is 0 Å². The van der Waals surface area contributed by atoms with Crippen LogP contribution in [-0.2, 0) is 19.9 Å². The van der Waals surface area contributed by atoms with Crippen molar-refractivity contribution in [3.05, 3.63) is 35.7 Å². The summed E-state index contributed by atoms with van der Waals surface area (Å²) >= 11 is 0. The van der Waals surface area contributed by atoms with Crippen LogP contribution >= 0.6 is 0 Å². The summed E-state index contributed by atoms with van der Waals surface area (Å²) in [5.41, 5.74) is 8.00. The third kappa shape index (κ3) is 3.41. The molecule has 1 heterocycles. The largest absolute Gasteiger partial charge is 0.330 e. The summed E-state index contributed by atoms with van der Waals surface area (Å²) in [6, 6.07) is 8.58. The van der Waals surface area contributed by atoms with Crippen molar-refractivity contribution in [3.63, 3.8) is 0 Å². The lowest BCUT2D eigenvalue weighted by molar-refractivity contribution is 0.647. The Hall–Kier alpha value is -1.68. The standard InChI is InChI=1S/C15H22N4/c1-11(2)10-12-4-6-13(7-5-12)15-17-14(8-9-16)18-19(15)3/h4-7,11H,8-10,16H2,1-3H3. The summed E-state index contributed by atoms with van der Waals surface area (Å²) in [5.74, 6) is 2.39. The molecule has 19 heavy (non-hydrogen) atoms. The fourth-order valence-corrected chi connectivity index (χ4v) is 2.19. The zero-order valence-electron chi connectivity index (χ0n) is 11.9. The summed E-state index contributed by atoms with van der Waals surface area (Å²) in [7, 11) is 1.92. The predicted octanol–water partition coefficient (Wildman–Crippen LogP) is 2.18. The Balaban J connectivity index is 2.21. The minimum absolute atomic E-state index is 0.580. The van der Waals surface area contributed by atoms with Gasteiger partial charge in [0, 0.05) is 19.0 Å². The highest BCUT2D eigenvalue weighted by Crippen LogP contribution is 2.18. The van der Waals surface area contributed by atoms with Gasteiger partial charge < -0.3 is 5.73 Å². The van der Waals surface area contributed by atoms with Gasteiger partial charge in [0.15, 0.2) is 11.6 Å². The van der Waals surface area contributed by atoms with Gasteiger partial charge in [0.2, 0.25) is 0 Å². The lowest BCUT2D eigenvalue weighted by Gasteiger charge is -2.06. The van der Waals surface area contributed by atoms with Crippen molar-refractivity contribution < 1.29 is 0 Å². The van der Waals surface area contributed by atoms with Crippen LogP contribution in [0.1, 0.15) is 25.2 Å². The van der Waals surface area contributed by atoms with Crippen molar-refractivity contribution >= 4 is 0 Å². The zero-order valence-corrected chi connectivity index (χ0v) is 11.9. The SMILES string of the molecule is CC(C)Cc1ccc(-c2nc(CCN)nn2C)cc1. The van der Waals surface area contributed by atoms with Crippen LogP contribution in [0.3, 0.4) is 0 Å². The van der Waals surface area contributed by atoms with Crippen molar-refractivity contribution in [2.24, 2.45) is 18.7 Å². The third-order valence-corrected chi connectivity index (χ3v) is 3.03. The summed E-state index contributed by atoms with van der Waals surface area (Å²) in [6.07, 6.45) is 1.83. The van der Waals surface area contributed by atoms with Gasteiger partial charge in [-0.2, -0.15) is 5.10 Å². The molecule has 0 bridgehead atoms. The van der Waals surface area contributed by atoms with Gasteiger partial charge in [-0.1, -0.05) is 38.1 Å². The number of aryl methyl sites for hydroxylation is 1. The molecule has 0 saturated carbocycles. The Kier molecular flexibility index (Phi) is 4.32. The van der Waals surface area contributed by atoms with E-state index >= 15 is 0 Å². The molecule has 102 valence electrons. The highest BCUT2D eigenvalue weighted by atomic mass is 15.3. The Morgan fingerprint density at radius 2 is 1.89 bits per heavy atom. The topological polar surface area (TPSA) is 56.7 Å². The number of aromatic nitrogens is 3. The number of nitrogens with zero attached hydrogens (tertiary/aromatic N) is 3. The zero-order chi connectivity index (χ0) is 13.8. The normalized spacial score (nSPS) is 11.2. The number of hydrogen-bond donors (Lipinski definition) is 1. The first-order valence-corrected chi connectivity index (χ1v) is 6.79. The van der Waals surface area contributed by atoms with Crippen LogP contribution in [-0.4, -0.2) is 21.3 Å². The molecule has 4 heteroatoms. The van der Waals surface area contributed by atoms with Gasteiger partial charge >= 0.3 is 0 Å². The highest BCUT2D eigenvalue weighted by Gasteiger charge is 2.09. The number of hydrogen-bond acceptors (Lipinski definition) is 3. The van der Waals surface area contributed by atoms with Crippen molar-refractivity contribution in [1.29, 1.82) is 0 Å². The van der Waals surface area contributed by atoms with Gasteiger partial charge in [-0.15, -0.1) is 0 Å². The van der Waals surface area contributed by atoms with Gasteiger partial charge in [-0.25, -0.2) is 9.67 Å². The van der Waals surface area contributed by atoms with Gasteiger partial charge in [-0.3, -0.25) is 0 Å². The maximum atomic E-state index is 5.54. The number of benzene rings is 1. The van der Waals surface area contributed by atoms with E-state index in [-0.39, 0.29) is 0 Å². The van der Waals surface area contributed by atoms with Crippen molar-refractivity contribution in [3.8, 4) is 11.4 Å². The third-order valence-electron chi connectivity index (χ3n) is 3.03. The molecule has 1 aromatic carbocycles. The van der Waals surface area contributed by atoms with Crippen molar-refractivity contribution in [2.45, 2.75) is 26.7 Å². The molecular weight excluding hydrogens is 236 g/mol. The molecule has 2 rings (SSSR count). The first-order chi connectivity index (χ1) is 9.10. The molecule has 0 amide bonds. The molecule has 0 aliphatic rings. The maximum absolute atomic E-state index is 5.54. The lowest BCUT2D eigenvalue weighted by atomic mass is 10.0. The minimum atomic E-state index is 0.580. The molecule has 0 spiro atoms. The fraction of sp³-hybridized carbons (Fsp3) is 0.467. The Bertz CT molecular complexity index is 526. The molecule has 2 aromatic rings. The van der Waals surface area contributed by atoms with Crippen molar-refractivity contribution in [1.82, 2.24) is 14.8 Å². The second-order valence-corrected chi connectivity index (χ2v) is 5.31. The molecule has 0 atom stereocenters. The quantitative estimate of drug-likeness (QED) is 0.894. The molecule has 0 aliphatic heterocycles. The summed E-state index contributed by atoms with van der Waals surface area (Å²) in [4.78, 5) is 4.53. The van der Waals surface area contributed by atoms with Crippen LogP contribution in [0.5, 0.6) is 0 Å². The molecule has 0 radical (unpaired) electrons. The van der Waals surface area contributed by atoms with E-state index in [1.54, 1.807) is 0 Å². The fourth-order valence-electron chi connectivity index (χ4n) is 2.19. The van der Waals surface area contributed by atoms with Gasteiger partial charge in [0.05, 0.1) is 0 Å². The van der Waals surface area contributed by atoms with Crippen molar-refractivity contribution in [2.75, 3.05) is 6.54 Å². The van der Waals surface area contributed by atoms with Crippen LogP contribution in [0.4, 0.5) is 0 Å². The summed E-state index contributed by atoms with van der Waals surface area (Å²) in [6.45, 7) is 5.04. The van der Waals surface area contributed by atoms with Gasteiger partial charge in [0.25, 0.3) is 0 Å². The first-order valence-electron chi connectivity index (χ1n) is 6.79. The van der Waals surface area contributed by atoms with E-state index in [1.165, 1.54) is 5.56 Å². The number of rotatable bonds is 5. The van der Waals surface area contributed by atoms with Crippen LogP contribution < -0.4 is 5.73 Å². The molecular formula is C15H22N4. The molecule has 4 nitrogen and oxygen atoms in total. The Labute approximate surface area is 114 Å². The van der Waals surface area contributed by atoms with Crippen LogP contribution in [0.25, 0.3) is 11.4 Å². The monoisotopic (exact) mass is 258 g/mol. The Morgan fingerprint density at radius 3 is 2.47 bits per heavy atom. The Morgan fingerprint density at radius 1 is 1.21 bits per heavy atom.